The maximum atomic E-state index is 12.9. The van der Waals surface area contributed by atoms with E-state index in [0.717, 1.165) is 41.9 Å². The number of aromatic nitrogens is 2. The Labute approximate surface area is 213 Å². The van der Waals surface area contributed by atoms with Crippen LogP contribution in [0.2, 0.25) is 5.02 Å². The Morgan fingerprint density at radius 2 is 1.94 bits per heavy atom. The molecule has 1 atom stereocenters. The average Bonchev–Trinajstić information content (AvgIpc) is 3.19. The van der Waals surface area contributed by atoms with E-state index in [9.17, 15) is 9.90 Å². The second-order valence-electron chi connectivity index (χ2n) is 9.15. The minimum atomic E-state index is -0.230. The van der Waals surface area contributed by atoms with Crippen LogP contribution in [0.3, 0.4) is 0 Å². The number of rotatable bonds is 12. The molecule has 3 rings (SSSR count). The zero-order valence-corrected chi connectivity index (χ0v) is 21.8. The van der Waals surface area contributed by atoms with E-state index < -0.39 is 0 Å². The van der Waals surface area contributed by atoms with Gasteiger partial charge in [-0.3, -0.25) is 4.79 Å². The van der Waals surface area contributed by atoms with Crippen LogP contribution in [0, 0.1) is 0 Å². The fraction of sp³-hybridized carbons (Fsp3) is 0.429. The van der Waals surface area contributed by atoms with Crippen LogP contribution in [-0.4, -0.2) is 39.3 Å². The third kappa shape index (κ3) is 7.58. The maximum Gasteiger partial charge on any atom is 0.251 e. The lowest BCUT2D eigenvalue weighted by Gasteiger charge is -2.19. The smallest absolute Gasteiger partial charge is 0.251 e. The first-order valence-electron chi connectivity index (χ1n) is 12.3. The number of halogens is 1. The number of hydrogen-bond acceptors (Lipinski definition) is 4. The highest BCUT2D eigenvalue weighted by Gasteiger charge is 2.16. The van der Waals surface area contributed by atoms with Crippen LogP contribution in [0.1, 0.15) is 61.8 Å². The Hall–Kier alpha value is -2.83. The third-order valence-electron chi connectivity index (χ3n) is 5.83. The van der Waals surface area contributed by atoms with Gasteiger partial charge >= 0.3 is 0 Å². The highest BCUT2D eigenvalue weighted by atomic mass is 35.5. The second-order valence-corrected chi connectivity index (χ2v) is 9.56. The summed E-state index contributed by atoms with van der Waals surface area (Å²) >= 11 is 6.29. The molecular weight excluding hydrogens is 462 g/mol. The Bertz CT molecular complexity index is 1110. The van der Waals surface area contributed by atoms with Crippen LogP contribution in [-0.2, 0) is 19.9 Å². The van der Waals surface area contributed by atoms with Gasteiger partial charge < -0.3 is 19.7 Å². The van der Waals surface area contributed by atoms with Gasteiger partial charge in [-0.25, -0.2) is 4.98 Å². The largest absolute Gasteiger partial charge is 0.489 e. The molecule has 188 valence electrons. The number of ether oxygens (including phenoxy) is 1. The Morgan fingerprint density at radius 1 is 1.20 bits per heavy atom. The van der Waals surface area contributed by atoms with Gasteiger partial charge in [-0.2, -0.15) is 0 Å². The van der Waals surface area contributed by atoms with E-state index in [-0.39, 0.29) is 24.7 Å². The number of nitrogens with zero attached hydrogens (tertiary/aromatic N) is 2. The van der Waals surface area contributed by atoms with E-state index in [1.165, 1.54) is 0 Å². The molecule has 2 N–H and O–H groups in total. The van der Waals surface area contributed by atoms with E-state index in [2.05, 4.69) is 47.3 Å². The van der Waals surface area contributed by atoms with Gasteiger partial charge in [0, 0.05) is 43.4 Å². The molecule has 3 aromatic rings. The molecule has 0 fully saturated rings. The van der Waals surface area contributed by atoms with E-state index in [1.807, 2.05) is 20.9 Å². The molecule has 2 aromatic carbocycles. The molecule has 1 amide bonds. The van der Waals surface area contributed by atoms with Crippen LogP contribution in [0.15, 0.2) is 48.7 Å². The molecule has 0 aliphatic rings. The van der Waals surface area contributed by atoms with Gasteiger partial charge in [0.2, 0.25) is 0 Å². The number of aryl methyl sites for hydroxylation is 2. The summed E-state index contributed by atoms with van der Waals surface area (Å²) in [5, 5.41) is 13.0. The second kappa shape index (κ2) is 12.8. The van der Waals surface area contributed by atoms with Crippen LogP contribution >= 0.6 is 11.6 Å². The van der Waals surface area contributed by atoms with E-state index >= 15 is 0 Å². The van der Waals surface area contributed by atoms with Gasteiger partial charge in [0.05, 0.1) is 16.8 Å². The number of hydrogen-bond donors (Lipinski definition) is 2. The summed E-state index contributed by atoms with van der Waals surface area (Å²) < 4.78 is 7.74. The fourth-order valence-electron chi connectivity index (χ4n) is 3.95. The average molecular weight is 498 g/mol. The van der Waals surface area contributed by atoms with Crippen molar-refractivity contribution >= 4 is 17.5 Å². The van der Waals surface area contributed by atoms with Crippen molar-refractivity contribution in [3.63, 3.8) is 0 Å². The summed E-state index contributed by atoms with van der Waals surface area (Å²) in [7, 11) is 2.04. The molecule has 35 heavy (non-hydrogen) atoms. The summed E-state index contributed by atoms with van der Waals surface area (Å²) in [5.41, 5.74) is 3.56. The van der Waals surface area contributed by atoms with Crippen molar-refractivity contribution in [3.8, 4) is 17.0 Å². The Balaban J connectivity index is 1.66. The van der Waals surface area contributed by atoms with Crippen molar-refractivity contribution in [1.29, 1.82) is 0 Å². The van der Waals surface area contributed by atoms with Crippen LogP contribution < -0.4 is 10.1 Å². The molecule has 0 radical (unpaired) electrons. The number of benzene rings is 2. The number of carbonyl (C=O) groups excluding carboxylic acids is 1. The molecule has 7 heteroatoms. The SMILES string of the molecule is CCCCc1nc(-c2ccc(CC(CCO)NC(=O)c3ccc(OC(C)C)c(Cl)c3)cc2)cn1C. The molecule has 1 unspecified atom stereocenters. The molecule has 0 saturated heterocycles. The number of aliphatic hydroxyl groups excluding tert-OH is 1. The molecule has 0 aliphatic heterocycles. The summed E-state index contributed by atoms with van der Waals surface area (Å²) in [4.78, 5) is 17.6. The number of amides is 1. The van der Waals surface area contributed by atoms with Crippen LogP contribution in [0.5, 0.6) is 5.75 Å². The molecule has 0 spiro atoms. The highest BCUT2D eigenvalue weighted by molar-refractivity contribution is 6.32. The molecule has 1 heterocycles. The number of carbonyl (C=O) groups is 1. The predicted molar refractivity (Wildman–Crippen MR) is 141 cm³/mol. The topological polar surface area (TPSA) is 76.4 Å². The molecule has 1 aromatic heterocycles. The van der Waals surface area contributed by atoms with Gasteiger partial charge in [-0.1, -0.05) is 49.2 Å². The van der Waals surface area contributed by atoms with Crippen molar-refractivity contribution in [2.75, 3.05) is 6.61 Å². The lowest BCUT2D eigenvalue weighted by molar-refractivity contribution is 0.0930. The lowest BCUT2D eigenvalue weighted by Crippen LogP contribution is -2.37. The molecule has 0 saturated carbocycles. The van der Waals surface area contributed by atoms with Crippen LogP contribution in [0.4, 0.5) is 0 Å². The van der Waals surface area contributed by atoms with Gasteiger partial charge in [0.1, 0.15) is 11.6 Å². The van der Waals surface area contributed by atoms with Crippen molar-refractivity contribution in [3.05, 3.63) is 70.6 Å². The zero-order valence-electron chi connectivity index (χ0n) is 21.1. The third-order valence-corrected chi connectivity index (χ3v) is 6.12. The number of imidazole rings is 1. The summed E-state index contributed by atoms with van der Waals surface area (Å²) in [6.07, 6.45) is 6.38. The number of unbranched alkanes of at least 4 members (excludes halogenated alkanes) is 1. The van der Waals surface area contributed by atoms with E-state index in [0.29, 0.717) is 29.2 Å². The van der Waals surface area contributed by atoms with Gasteiger partial charge in [-0.05, 0) is 56.9 Å². The fourth-order valence-corrected chi connectivity index (χ4v) is 4.17. The standard InChI is InChI=1S/C28H36ClN3O3/c1-5-6-7-27-31-25(18-32(27)4)21-10-8-20(9-11-21)16-23(14-15-33)30-28(34)22-12-13-26(24(29)17-22)35-19(2)3/h8-13,17-19,23,33H,5-7,14-16H2,1-4H3,(H,30,34). The number of aliphatic hydroxyl groups is 1. The summed E-state index contributed by atoms with van der Waals surface area (Å²) in [6.45, 7) is 6.01. The van der Waals surface area contributed by atoms with Crippen LogP contribution in [0.25, 0.3) is 11.3 Å². The highest BCUT2D eigenvalue weighted by Crippen LogP contribution is 2.26. The van der Waals surface area contributed by atoms with Crippen molar-refractivity contribution < 1.29 is 14.6 Å². The maximum absolute atomic E-state index is 12.9. The predicted octanol–water partition coefficient (Wildman–Crippen LogP) is 5.59. The number of nitrogens with one attached hydrogen (secondary N) is 1. The van der Waals surface area contributed by atoms with Crippen molar-refractivity contribution in [1.82, 2.24) is 14.9 Å². The molecule has 0 bridgehead atoms. The summed E-state index contributed by atoms with van der Waals surface area (Å²) in [5.74, 6) is 1.42. The van der Waals surface area contributed by atoms with Gasteiger partial charge in [-0.15, -0.1) is 0 Å². The first kappa shape index (κ1) is 26.8. The lowest BCUT2D eigenvalue weighted by atomic mass is 10.0. The minimum Gasteiger partial charge on any atom is -0.489 e. The monoisotopic (exact) mass is 497 g/mol. The molecule has 6 nitrogen and oxygen atoms in total. The Morgan fingerprint density at radius 3 is 2.57 bits per heavy atom. The first-order chi connectivity index (χ1) is 16.8. The molecular formula is C28H36ClN3O3. The quantitative estimate of drug-likeness (QED) is 0.342. The zero-order chi connectivity index (χ0) is 25.4. The van der Waals surface area contributed by atoms with Gasteiger partial charge in [0.25, 0.3) is 5.91 Å². The molecule has 0 aliphatic carbocycles. The van der Waals surface area contributed by atoms with E-state index in [1.54, 1.807) is 18.2 Å². The first-order valence-corrected chi connectivity index (χ1v) is 12.7. The van der Waals surface area contributed by atoms with Crippen molar-refractivity contribution in [2.45, 2.75) is 65.0 Å². The summed E-state index contributed by atoms with van der Waals surface area (Å²) in [6, 6.07) is 13.1. The normalized spacial score (nSPS) is 12.1. The van der Waals surface area contributed by atoms with Gasteiger partial charge in [0.15, 0.2) is 0 Å². The Kier molecular flexibility index (Phi) is 9.75. The van der Waals surface area contributed by atoms with E-state index in [4.69, 9.17) is 21.3 Å². The minimum absolute atomic E-state index is 0.00622. The van der Waals surface area contributed by atoms with Crippen molar-refractivity contribution in [2.24, 2.45) is 7.05 Å².